The number of carbonyl (C=O) groups excluding carboxylic acids is 1. The predicted octanol–water partition coefficient (Wildman–Crippen LogP) is 4.58. The lowest BCUT2D eigenvalue weighted by molar-refractivity contribution is -0.139. The quantitative estimate of drug-likeness (QED) is 0.471. The molecule has 8 heteroatoms. The molecule has 1 aromatic heterocycles. The number of nitrogens with one attached hydrogen (secondary N) is 2. The third kappa shape index (κ3) is 6.33. The molecule has 7 nitrogen and oxygen atoms in total. The molecule has 2 aliphatic rings. The molecule has 36 heavy (non-hydrogen) atoms. The van der Waals surface area contributed by atoms with Crippen LogP contribution in [0.3, 0.4) is 0 Å². The number of hydrogen-bond donors (Lipinski definition) is 3. The molecule has 4 rings (SSSR count). The topological polar surface area (TPSA) is 94.6 Å². The summed E-state index contributed by atoms with van der Waals surface area (Å²) < 4.78 is 13.8. The van der Waals surface area contributed by atoms with Crippen LogP contribution in [0, 0.1) is 18.7 Å². The third-order valence-electron chi connectivity index (χ3n) is 7.46. The molecule has 1 amide bonds. The molecule has 2 aliphatic heterocycles. The van der Waals surface area contributed by atoms with Crippen LogP contribution in [0.4, 0.5) is 15.9 Å². The second-order valence-electron chi connectivity index (χ2n) is 10.0. The van der Waals surface area contributed by atoms with Gasteiger partial charge in [-0.15, -0.1) is 0 Å². The number of amides is 1. The Hall–Kier alpha value is -3.16. The SMILES string of the molecule is CCc1cc(F)cc(C)c1NC(CC1CCN(C(=O)CCc2ccc3c(n2)NCCC3)CC1)C(=O)O. The molecular formula is C28H37FN4O3. The van der Waals surface area contributed by atoms with Crippen LogP contribution in [0.1, 0.15) is 61.4 Å². The van der Waals surface area contributed by atoms with Gasteiger partial charge >= 0.3 is 5.97 Å². The molecule has 1 fully saturated rings. The number of fused-ring (bicyclic) bond motifs is 1. The maximum atomic E-state index is 13.8. The minimum Gasteiger partial charge on any atom is -0.480 e. The number of hydrogen-bond acceptors (Lipinski definition) is 5. The fourth-order valence-corrected chi connectivity index (χ4v) is 5.35. The van der Waals surface area contributed by atoms with Crippen LogP contribution in [0.5, 0.6) is 0 Å². The minimum absolute atomic E-state index is 0.128. The zero-order valence-corrected chi connectivity index (χ0v) is 21.3. The van der Waals surface area contributed by atoms with Crippen molar-refractivity contribution >= 4 is 23.4 Å². The van der Waals surface area contributed by atoms with E-state index in [-0.39, 0.29) is 17.6 Å². The molecular weight excluding hydrogens is 459 g/mol. The van der Waals surface area contributed by atoms with Crippen LogP contribution in [0.25, 0.3) is 0 Å². The van der Waals surface area contributed by atoms with Gasteiger partial charge < -0.3 is 20.6 Å². The van der Waals surface area contributed by atoms with E-state index in [1.807, 2.05) is 17.9 Å². The summed E-state index contributed by atoms with van der Waals surface area (Å²) in [5, 5.41) is 16.4. The van der Waals surface area contributed by atoms with E-state index >= 15 is 0 Å². The first-order chi connectivity index (χ1) is 17.3. The van der Waals surface area contributed by atoms with Crippen LogP contribution in [0.15, 0.2) is 24.3 Å². The van der Waals surface area contributed by atoms with E-state index in [9.17, 15) is 19.1 Å². The van der Waals surface area contributed by atoms with Gasteiger partial charge in [0, 0.05) is 37.4 Å². The molecule has 0 aliphatic carbocycles. The van der Waals surface area contributed by atoms with Gasteiger partial charge in [-0.1, -0.05) is 13.0 Å². The van der Waals surface area contributed by atoms with Crippen molar-refractivity contribution in [2.24, 2.45) is 5.92 Å². The summed E-state index contributed by atoms with van der Waals surface area (Å²) in [5.74, 6) is 0.0740. The highest BCUT2D eigenvalue weighted by Crippen LogP contribution is 2.28. The lowest BCUT2D eigenvalue weighted by Crippen LogP contribution is -2.41. The standard InChI is InChI=1S/C28H37FN4O3/c1-3-20-17-22(29)15-18(2)26(20)32-24(28(35)36)16-19-10-13-33(14-11-19)25(34)9-8-23-7-6-21-5-4-12-30-27(21)31-23/h6-7,15,17,19,24,32H,3-5,8-14,16H2,1-2H3,(H,30,31)(H,35,36). The van der Waals surface area contributed by atoms with Crippen LogP contribution in [-0.2, 0) is 28.9 Å². The lowest BCUT2D eigenvalue weighted by atomic mass is 9.89. The Labute approximate surface area is 212 Å². The molecule has 3 N–H and O–H groups in total. The van der Waals surface area contributed by atoms with E-state index in [0.717, 1.165) is 49.3 Å². The summed E-state index contributed by atoms with van der Waals surface area (Å²) in [6.07, 6.45) is 5.87. The maximum Gasteiger partial charge on any atom is 0.326 e. The number of nitrogens with zero attached hydrogens (tertiary/aromatic N) is 2. The number of benzene rings is 1. The lowest BCUT2D eigenvalue weighted by Gasteiger charge is -2.33. The zero-order chi connectivity index (χ0) is 25.7. The Morgan fingerprint density at radius 3 is 2.78 bits per heavy atom. The van der Waals surface area contributed by atoms with Gasteiger partial charge in [-0.05, 0) is 92.7 Å². The van der Waals surface area contributed by atoms with E-state index in [0.29, 0.717) is 50.0 Å². The van der Waals surface area contributed by atoms with Crippen LogP contribution >= 0.6 is 0 Å². The highest BCUT2D eigenvalue weighted by atomic mass is 19.1. The zero-order valence-electron chi connectivity index (χ0n) is 21.3. The first kappa shape index (κ1) is 25.9. The van der Waals surface area contributed by atoms with Gasteiger partial charge in [0.1, 0.15) is 17.7 Å². The Morgan fingerprint density at radius 2 is 2.06 bits per heavy atom. The number of carboxylic acid groups (broad SMARTS) is 1. The fraction of sp³-hybridized carbons (Fsp3) is 0.536. The van der Waals surface area contributed by atoms with E-state index < -0.39 is 12.0 Å². The molecule has 0 radical (unpaired) electrons. The number of aromatic nitrogens is 1. The number of aliphatic carboxylic acids is 1. The smallest absolute Gasteiger partial charge is 0.326 e. The summed E-state index contributed by atoms with van der Waals surface area (Å²) >= 11 is 0. The van der Waals surface area contributed by atoms with E-state index in [1.54, 1.807) is 6.92 Å². The number of piperidine rings is 1. The summed E-state index contributed by atoms with van der Waals surface area (Å²) in [7, 11) is 0. The van der Waals surface area contributed by atoms with Crippen molar-refractivity contribution in [3.63, 3.8) is 0 Å². The Balaban J connectivity index is 1.28. The molecule has 1 atom stereocenters. The second kappa shape index (κ2) is 11.7. The van der Waals surface area contributed by atoms with Crippen molar-refractivity contribution in [1.29, 1.82) is 0 Å². The number of aryl methyl sites for hydroxylation is 4. The number of anilines is 2. The first-order valence-electron chi connectivity index (χ1n) is 13.1. The maximum absolute atomic E-state index is 13.8. The van der Waals surface area contributed by atoms with Gasteiger partial charge in [0.2, 0.25) is 5.91 Å². The average molecular weight is 497 g/mol. The second-order valence-corrected chi connectivity index (χ2v) is 10.0. The molecule has 0 bridgehead atoms. The van der Waals surface area contributed by atoms with Gasteiger partial charge in [0.25, 0.3) is 0 Å². The van der Waals surface area contributed by atoms with Gasteiger partial charge in [-0.2, -0.15) is 0 Å². The molecule has 0 spiro atoms. The Morgan fingerprint density at radius 1 is 1.28 bits per heavy atom. The van der Waals surface area contributed by atoms with E-state index in [1.165, 1.54) is 17.7 Å². The number of halogens is 1. The highest BCUT2D eigenvalue weighted by molar-refractivity contribution is 5.78. The predicted molar refractivity (Wildman–Crippen MR) is 139 cm³/mol. The fourth-order valence-electron chi connectivity index (χ4n) is 5.35. The highest BCUT2D eigenvalue weighted by Gasteiger charge is 2.28. The summed E-state index contributed by atoms with van der Waals surface area (Å²) in [4.78, 5) is 31.4. The van der Waals surface area contributed by atoms with Gasteiger partial charge in [-0.3, -0.25) is 4.79 Å². The summed E-state index contributed by atoms with van der Waals surface area (Å²) in [5.41, 5.74) is 4.38. The Bertz CT molecular complexity index is 1100. The number of carbonyl (C=O) groups is 2. The minimum atomic E-state index is -0.911. The van der Waals surface area contributed by atoms with Crippen LogP contribution < -0.4 is 10.6 Å². The average Bonchev–Trinajstić information content (AvgIpc) is 2.88. The molecule has 1 saturated heterocycles. The molecule has 1 aromatic carbocycles. The third-order valence-corrected chi connectivity index (χ3v) is 7.46. The number of carboxylic acids is 1. The van der Waals surface area contributed by atoms with Gasteiger partial charge in [0.15, 0.2) is 0 Å². The first-order valence-corrected chi connectivity index (χ1v) is 13.1. The van der Waals surface area contributed by atoms with Crippen molar-refractivity contribution in [2.75, 3.05) is 30.3 Å². The number of likely N-dealkylation sites (tertiary alicyclic amines) is 1. The van der Waals surface area contributed by atoms with E-state index in [4.69, 9.17) is 0 Å². The summed E-state index contributed by atoms with van der Waals surface area (Å²) in [6, 6.07) is 6.28. The molecule has 194 valence electrons. The van der Waals surface area contributed by atoms with Crippen LogP contribution in [-0.4, -0.2) is 52.5 Å². The number of pyridine rings is 1. The normalized spacial score (nSPS) is 16.7. The molecule has 2 aromatic rings. The van der Waals surface area contributed by atoms with Crippen molar-refractivity contribution < 1.29 is 19.1 Å². The number of rotatable bonds is 9. The summed E-state index contributed by atoms with van der Waals surface area (Å²) in [6.45, 7) is 5.96. The van der Waals surface area contributed by atoms with Crippen molar-refractivity contribution in [1.82, 2.24) is 9.88 Å². The van der Waals surface area contributed by atoms with Crippen LogP contribution in [0.2, 0.25) is 0 Å². The molecule has 3 heterocycles. The Kier molecular flexibility index (Phi) is 8.44. The molecule has 1 unspecified atom stereocenters. The van der Waals surface area contributed by atoms with Gasteiger partial charge in [0.05, 0.1) is 0 Å². The largest absolute Gasteiger partial charge is 0.480 e. The van der Waals surface area contributed by atoms with Crippen molar-refractivity contribution in [2.45, 2.75) is 71.3 Å². The molecule has 0 saturated carbocycles. The van der Waals surface area contributed by atoms with Crippen molar-refractivity contribution in [3.8, 4) is 0 Å². The monoisotopic (exact) mass is 496 g/mol. The van der Waals surface area contributed by atoms with Gasteiger partial charge in [-0.25, -0.2) is 14.2 Å². The van der Waals surface area contributed by atoms with Crippen molar-refractivity contribution in [3.05, 3.63) is 52.5 Å². The van der Waals surface area contributed by atoms with E-state index in [2.05, 4.69) is 21.7 Å².